The molecule has 1 aliphatic rings. The first-order valence-corrected chi connectivity index (χ1v) is 4.42. The molecule has 0 saturated heterocycles. The summed E-state index contributed by atoms with van der Waals surface area (Å²) in [4.78, 5) is 3.92. The second-order valence-electron chi connectivity index (χ2n) is 3.84. The van der Waals surface area contributed by atoms with Crippen LogP contribution in [0.25, 0.3) is 0 Å². The van der Waals surface area contributed by atoms with Gasteiger partial charge in [-0.3, -0.25) is 4.98 Å². The minimum absolute atomic E-state index is 0.128. The summed E-state index contributed by atoms with van der Waals surface area (Å²) in [6.07, 6.45) is -1.48. The van der Waals surface area contributed by atoms with Gasteiger partial charge >= 0.3 is 0 Å². The fourth-order valence-corrected chi connectivity index (χ4v) is 1.74. The molecule has 1 saturated carbocycles. The van der Waals surface area contributed by atoms with Crippen molar-refractivity contribution >= 4 is 0 Å². The maximum Gasteiger partial charge on any atom is 0.255 e. The third kappa shape index (κ3) is 1.49. The Morgan fingerprint density at radius 1 is 1.21 bits per heavy atom. The zero-order valence-electron chi connectivity index (χ0n) is 7.73. The maximum atomic E-state index is 13.8. The Labute approximate surface area is 80.0 Å². The number of hydrogen-bond donors (Lipinski definition) is 0. The Bertz CT molecular complexity index is 354. The van der Waals surface area contributed by atoms with Crippen molar-refractivity contribution in [3.05, 3.63) is 29.6 Å². The van der Waals surface area contributed by atoms with Crippen molar-refractivity contribution in [2.24, 2.45) is 0 Å². The van der Waals surface area contributed by atoms with E-state index in [9.17, 15) is 13.2 Å². The summed E-state index contributed by atoms with van der Waals surface area (Å²) in [6, 6.07) is 4.81. The fraction of sp³-hybridized carbons (Fsp3) is 0.500. The van der Waals surface area contributed by atoms with Gasteiger partial charge in [0.2, 0.25) is 0 Å². The van der Waals surface area contributed by atoms with Crippen LogP contribution in [0.3, 0.4) is 0 Å². The van der Waals surface area contributed by atoms with Crippen molar-refractivity contribution in [1.82, 2.24) is 4.98 Å². The summed E-state index contributed by atoms with van der Waals surface area (Å²) in [5, 5.41) is 0. The topological polar surface area (TPSA) is 12.9 Å². The number of aromatic nitrogens is 1. The summed E-state index contributed by atoms with van der Waals surface area (Å²) in [7, 11) is 0. The van der Waals surface area contributed by atoms with Crippen molar-refractivity contribution in [3.8, 4) is 0 Å². The molecule has 0 radical (unpaired) electrons. The summed E-state index contributed by atoms with van der Waals surface area (Å²) in [5.41, 5.74) is -1.15. The van der Waals surface area contributed by atoms with Gasteiger partial charge in [-0.15, -0.1) is 0 Å². The molecular weight excluding hydrogens is 191 g/mol. The highest BCUT2D eigenvalue weighted by molar-refractivity contribution is 5.21. The van der Waals surface area contributed by atoms with Crippen LogP contribution in [0.5, 0.6) is 0 Å². The molecule has 4 heteroatoms. The number of nitrogens with zero attached hydrogens (tertiary/aromatic N) is 1. The van der Waals surface area contributed by atoms with Gasteiger partial charge in [-0.05, 0) is 19.1 Å². The molecule has 0 unspecified atom stereocenters. The van der Waals surface area contributed by atoms with E-state index in [0.29, 0.717) is 5.69 Å². The number of halogens is 3. The third-order valence-corrected chi connectivity index (χ3v) is 2.43. The van der Waals surface area contributed by atoms with Crippen molar-refractivity contribution in [3.63, 3.8) is 0 Å². The lowest BCUT2D eigenvalue weighted by Crippen LogP contribution is -2.46. The van der Waals surface area contributed by atoms with Crippen molar-refractivity contribution in [2.45, 2.75) is 31.4 Å². The summed E-state index contributed by atoms with van der Waals surface area (Å²) in [6.45, 7) is 1.71. The molecule has 0 amide bonds. The molecule has 0 aliphatic heterocycles. The standard InChI is InChI=1S/C10H10F3N/c1-7-3-2-4-8(14-7)9(11)5-10(12,13)6-9/h2-4H,5-6H2,1H3. The SMILES string of the molecule is Cc1cccc(C2(F)CC(F)(F)C2)n1. The molecule has 1 heterocycles. The van der Waals surface area contributed by atoms with Gasteiger partial charge in [-0.25, -0.2) is 13.2 Å². The quantitative estimate of drug-likeness (QED) is 0.680. The number of pyridine rings is 1. The Kier molecular flexibility index (Phi) is 1.84. The van der Waals surface area contributed by atoms with E-state index in [1.807, 2.05) is 0 Å². The van der Waals surface area contributed by atoms with Crippen LogP contribution >= 0.6 is 0 Å². The van der Waals surface area contributed by atoms with E-state index < -0.39 is 24.4 Å². The van der Waals surface area contributed by atoms with Gasteiger partial charge in [0, 0.05) is 5.69 Å². The molecule has 1 fully saturated rings. The second kappa shape index (κ2) is 2.72. The first-order chi connectivity index (χ1) is 6.41. The minimum Gasteiger partial charge on any atom is -0.255 e. The van der Waals surface area contributed by atoms with E-state index in [2.05, 4.69) is 4.98 Å². The van der Waals surface area contributed by atoms with Crippen LogP contribution in [-0.2, 0) is 5.67 Å². The molecule has 0 spiro atoms. The molecule has 0 atom stereocenters. The van der Waals surface area contributed by atoms with Gasteiger partial charge in [0.05, 0.1) is 18.5 Å². The molecule has 1 nitrogen and oxygen atoms in total. The van der Waals surface area contributed by atoms with Crippen LogP contribution in [0.15, 0.2) is 18.2 Å². The molecule has 0 bridgehead atoms. The van der Waals surface area contributed by atoms with Crippen LogP contribution in [-0.4, -0.2) is 10.9 Å². The average Bonchev–Trinajstić information content (AvgIpc) is 2.00. The van der Waals surface area contributed by atoms with Gasteiger partial charge < -0.3 is 0 Å². The maximum absolute atomic E-state index is 13.8. The molecule has 1 aromatic rings. The lowest BCUT2D eigenvalue weighted by Gasteiger charge is -2.40. The lowest BCUT2D eigenvalue weighted by molar-refractivity contribution is -0.176. The average molecular weight is 201 g/mol. The Morgan fingerprint density at radius 3 is 2.36 bits per heavy atom. The predicted octanol–water partition coefficient (Wildman–Crippen LogP) is 2.98. The molecule has 76 valence electrons. The molecule has 14 heavy (non-hydrogen) atoms. The molecule has 0 N–H and O–H groups in total. The molecule has 1 aliphatic carbocycles. The van der Waals surface area contributed by atoms with E-state index in [4.69, 9.17) is 0 Å². The van der Waals surface area contributed by atoms with Crippen LogP contribution in [0, 0.1) is 6.92 Å². The second-order valence-corrected chi connectivity index (χ2v) is 3.84. The van der Waals surface area contributed by atoms with E-state index in [-0.39, 0.29) is 5.69 Å². The summed E-state index contributed by atoms with van der Waals surface area (Å²) in [5.74, 6) is -2.86. The first kappa shape index (κ1) is 9.49. The number of alkyl halides is 3. The summed E-state index contributed by atoms with van der Waals surface area (Å²) < 4.78 is 38.9. The molecule has 1 aromatic heterocycles. The minimum atomic E-state index is -2.86. The van der Waals surface area contributed by atoms with E-state index in [0.717, 1.165) is 0 Å². The Morgan fingerprint density at radius 2 is 1.86 bits per heavy atom. The normalized spacial score (nSPS) is 22.9. The number of aryl methyl sites for hydroxylation is 1. The predicted molar refractivity (Wildman–Crippen MR) is 45.9 cm³/mol. The van der Waals surface area contributed by atoms with Crippen molar-refractivity contribution in [2.75, 3.05) is 0 Å². The summed E-state index contributed by atoms with van der Waals surface area (Å²) >= 11 is 0. The Hall–Kier alpha value is -1.06. The van der Waals surface area contributed by atoms with Gasteiger partial charge in [0.1, 0.15) is 0 Å². The molecular formula is C10H10F3N. The third-order valence-electron chi connectivity index (χ3n) is 2.43. The van der Waals surface area contributed by atoms with Crippen molar-refractivity contribution < 1.29 is 13.2 Å². The fourth-order valence-electron chi connectivity index (χ4n) is 1.74. The van der Waals surface area contributed by atoms with Crippen LogP contribution in [0.4, 0.5) is 13.2 Å². The number of hydrogen-bond acceptors (Lipinski definition) is 1. The highest BCUT2D eigenvalue weighted by Crippen LogP contribution is 2.53. The van der Waals surface area contributed by atoms with E-state index in [1.165, 1.54) is 6.07 Å². The highest BCUT2D eigenvalue weighted by atomic mass is 19.3. The van der Waals surface area contributed by atoms with E-state index in [1.54, 1.807) is 19.1 Å². The lowest BCUT2D eigenvalue weighted by atomic mass is 9.76. The van der Waals surface area contributed by atoms with Gasteiger partial charge in [-0.1, -0.05) is 6.07 Å². The zero-order chi connectivity index (χ0) is 10.4. The van der Waals surface area contributed by atoms with E-state index >= 15 is 0 Å². The van der Waals surface area contributed by atoms with Gasteiger partial charge in [-0.2, -0.15) is 0 Å². The molecule has 2 rings (SSSR count). The van der Waals surface area contributed by atoms with Gasteiger partial charge in [0.25, 0.3) is 5.92 Å². The van der Waals surface area contributed by atoms with Gasteiger partial charge in [0.15, 0.2) is 5.67 Å². The van der Waals surface area contributed by atoms with Crippen LogP contribution in [0.1, 0.15) is 24.2 Å². The number of rotatable bonds is 1. The highest BCUT2D eigenvalue weighted by Gasteiger charge is 2.59. The monoisotopic (exact) mass is 201 g/mol. The smallest absolute Gasteiger partial charge is 0.255 e. The largest absolute Gasteiger partial charge is 0.255 e. The Balaban J connectivity index is 2.25. The van der Waals surface area contributed by atoms with Crippen LogP contribution < -0.4 is 0 Å². The first-order valence-electron chi connectivity index (χ1n) is 4.42. The zero-order valence-corrected chi connectivity index (χ0v) is 7.73. The van der Waals surface area contributed by atoms with Crippen molar-refractivity contribution in [1.29, 1.82) is 0 Å². The molecule has 0 aromatic carbocycles. The van der Waals surface area contributed by atoms with Crippen LogP contribution in [0.2, 0.25) is 0 Å².